The second-order valence-corrected chi connectivity index (χ2v) is 11.1. The molecule has 192 valence electrons. The van der Waals surface area contributed by atoms with Gasteiger partial charge >= 0.3 is 0 Å². The quantitative estimate of drug-likeness (QED) is 0.473. The third-order valence-corrected chi connectivity index (χ3v) is 7.90. The molecular weight excluding hydrogens is 446 g/mol. The summed E-state index contributed by atoms with van der Waals surface area (Å²) < 4.78 is 2.36. The molecule has 3 aromatic rings. The van der Waals surface area contributed by atoms with E-state index in [1.165, 1.54) is 16.8 Å². The standard InChI is InChI=1S/C30H41N5O/c1-22(2)25-11-5-7-13-27(25)33-16-18-34(19-17-33)30(36)24-10-9-15-32(20-24)21-29-31-26-12-6-8-14-28(26)35(29)23(3)4/h5-8,11-14,22-24H,9-10,15-21H2,1-4H3/t24-/m1/s1. The van der Waals surface area contributed by atoms with Crippen molar-refractivity contribution in [1.82, 2.24) is 19.4 Å². The Hall–Kier alpha value is -2.86. The fourth-order valence-electron chi connectivity index (χ4n) is 6.07. The van der Waals surface area contributed by atoms with Gasteiger partial charge in [-0.2, -0.15) is 0 Å². The first-order chi connectivity index (χ1) is 17.4. The summed E-state index contributed by atoms with van der Waals surface area (Å²) in [5, 5.41) is 0. The number of hydrogen-bond donors (Lipinski definition) is 0. The summed E-state index contributed by atoms with van der Waals surface area (Å²) in [5.74, 6) is 2.04. The summed E-state index contributed by atoms with van der Waals surface area (Å²) in [4.78, 5) is 25.5. The van der Waals surface area contributed by atoms with Gasteiger partial charge in [-0.15, -0.1) is 0 Å². The number of carbonyl (C=O) groups is 1. The van der Waals surface area contributed by atoms with E-state index in [-0.39, 0.29) is 5.92 Å². The molecule has 0 bridgehead atoms. The highest BCUT2D eigenvalue weighted by molar-refractivity contribution is 5.79. The number of aromatic nitrogens is 2. The number of anilines is 1. The molecule has 0 spiro atoms. The molecule has 0 aliphatic carbocycles. The SMILES string of the molecule is CC(C)c1ccccc1N1CCN(C(=O)[C@@H]2CCCN(Cc3nc4ccccc4n3C(C)C)C2)CC1. The van der Waals surface area contributed by atoms with Gasteiger partial charge in [0.05, 0.1) is 23.5 Å². The van der Waals surface area contributed by atoms with Crippen LogP contribution in [0.1, 0.15) is 63.9 Å². The fourth-order valence-corrected chi connectivity index (χ4v) is 6.07. The first-order valence-corrected chi connectivity index (χ1v) is 13.7. The second kappa shape index (κ2) is 10.6. The van der Waals surface area contributed by atoms with Crippen LogP contribution in [0.25, 0.3) is 11.0 Å². The van der Waals surface area contributed by atoms with Crippen molar-refractivity contribution in [3.63, 3.8) is 0 Å². The smallest absolute Gasteiger partial charge is 0.227 e. The number of carbonyl (C=O) groups excluding carboxylic acids is 1. The van der Waals surface area contributed by atoms with Crippen LogP contribution in [0.15, 0.2) is 48.5 Å². The van der Waals surface area contributed by atoms with E-state index in [1.807, 2.05) is 0 Å². The van der Waals surface area contributed by atoms with Gasteiger partial charge in [0.2, 0.25) is 5.91 Å². The van der Waals surface area contributed by atoms with Gasteiger partial charge in [-0.05, 0) is 62.9 Å². The molecule has 0 radical (unpaired) electrons. The molecule has 1 aromatic heterocycles. The lowest BCUT2D eigenvalue weighted by Crippen LogP contribution is -2.52. The van der Waals surface area contributed by atoms with Gasteiger partial charge < -0.3 is 14.4 Å². The van der Waals surface area contributed by atoms with Crippen LogP contribution in [0.2, 0.25) is 0 Å². The fraction of sp³-hybridized carbons (Fsp3) is 0.533. The van der Waals surface area contributed by atoms with Crippen LogP contribution in [0.3, 0.4) is 0 Å². The third-order valence-electron chi connectivity index (χ3n) is 7.90. The highest BCUT2D eigenvalue weighted by atomic mass is 16.2. The number of piperazine rings is 1. The first-order valence-electron chi connectivity index (χ1n) is 13.7. The normalized spacial score (nSPS) is 19.6. The number of fused-ring (bicyclic) bond motifs is 1. The van der Waals surface area contributed by atoms with Crippen molar-refractivity contribution >= 4 is 22.6 Å². The van der Waals surface area contributed by atoms with E-state index in [0.29, 0.717) is 17.9 Å². The van der Waals surface area contributed by atoms with Crippen LogP contribution in [-0.4, -0.2) is 64.5 Å². The molecule has 36 heavy (non-hydrogen) atoms. The predicted octanol–water partition coefficient (Wildman–Crippen LogP) is 5.30. The molecule has 0 unspecified atom stereocenters. The monoisotopic (exact) mass is 487 g/mol. The molecule has 6 heteroatoms. The number of piperidine rings is 1. The Morgan fingerprint density at radius 3 is 2.42 bits per heavy atom. The Morgan fingerprint density at radius 2 is 1.67 bits per heavy atom. The highest BCUT2D eigenvalue weighted by Crippen LogP contribution is 2.29. The molecular formula is C30H41N5O. The van der Waals surface area contributed by atoms with Crippen molar-refractivity contribution in [3.05, 3.63) is 59.9 Å². The number of hydrogen-bond acceptors (Lipinski definition) is 4. The lowest BCUT2D eigenvalue weighted by Gasteiger charge is -2.40. The van der Waals surface area contributed by atoms with E-state index in [2.05, 4.69) is 95.5 Å². The number of likely N-dealkylation sites (tertiary alicyclic amines) is 1. The molecule has 6 nitrogen and oxygen atoms in total. The van der Waals surface area contributed by atoms with Crippen molar-refractivity contribution in [2.24, 2.45) is 5.92 Å². The summed E-state index contributed by atoms with van der Waals surface area (Å²) in [6, 6.07) is 17.5. The zero-order valence-electron chi connectivity index (χ0n) is 22.4. The van der Waals surface area contributed by atoms with Crippen LogP contribution in [0, 0.1) is 5.92 Å². The zero-order valence-corrected chi connectivity index (χ0v) is 22.4. The van der Waals surface area contributed by atoms with Gasteiger partial charge in [0.15, 0.2) is 0 Å². The summed E-state index contributed by atoms with van der Waals surface area (Å²) in [6.07, 6.45) is 2.06. The minimum Gasteiger partial charge on any atom is -0.368 e. The van der Waals surface area contributed by atoms with Crippen molar-refractivity contribution in [1.29, 1.82) is 0 Å². The Labute approximate surface area is 215 Å². The Morgan fingerprint density at radius 1 is 0.944 bits per heavy atom. The van der Waals surface area contributed by atoms with Crippen LogP contribution < -0.4 is 4.90 Å². The molecule has 1 amide bonds. The maximum atomic E-state index is 13.5. The van der Waals surface area contributed by atoms with E-state index >= 15 is 0 Å². The summed E-state index contributed by atoms with van der Waals surface area (Å²) in [6.45, 7) is 15.0. The van der Waals surface area contributed by atoms with Gasteiger partial charge in [0.25, 0.3) is 0 Å². The summed E-state index contributed by atoms with van der Waals surface area (Å²) in [7, 11) is 0. The Balaban J connectivity index is 1.22. The van der Waals surface area contributed by atoms with Gasteiger partial charge in [-0.3, -0.25) is 9.69 Å². The van der Waals surface area contributed by atoms with Crippen molar-refractivity contribution in [3.8, 4) is 0 Å². The highest BCUT2D eigenvalue weighted by Gasteiger charge is 2.32. The average Bonchev–Trinajstić information content (AvgIpc) is 3.26. The molecule has 0 N–H and O–H groups in total. The van der Waals surface area contributed by atoms with Crippen molar-refractivity contribution in [2.75, 3.05) is 44.2 Å². The number of nitrogens with zero attached hydrogens (tertiary/aromatic N) is 5. The number of rotatable bonds is 6. The molecule has 5 rings (SSSR count). The van der Waals surface area contributed by atoms with Crippen LogP contribution in [0.4, 0.5) is 5.69 Å². The lowest BCUT2D eigenvalue weighted by molar-refractivity contribution is -0.137. The van der Waals surface area contributed by atoms with Gasteiger partial charge in [-0.25, -0.2) is 4.98 Å². The maximum absolute atomic E-state index is 13.5. The zero-order chi connectivity index (χ0) is 25.2. The number of benzene rings is 2. The number of amides is 1. The molecule has 0 saturated carbocycles. The average molecular weight is 488 g/mol. The van der Waals surface area contributed by atoms with E-state index < -0.39 is 0 Å². The van der Waals surface area contributed by atoms with Crippen molar-refractivity contribution < 1.29 is 4.79 Å². The van der Waals surface area contributed by atoms with E-state index in [0.717, 1.165) is 70.0 Å². The van der Waals surface area contributed by atoms with Crippen LogP contribution in [0.5, 0.6) is 0 Å². The first kappa shape index (κ1) is 24.8. The Kier molecular flexibility index (Phi) is 7.33. The van der Waals surface area contributed by atoms with Crippen molar-refractivity contribution in [2.45, 2.75) is 59.0 Å². The predicted molar refractivity (Wildman–Crippen MR) is 147 cm³/mol. The number of imidazole rings is 1. The minimum absolute atomic E-state index is 0.0881. The largest absolute Gasteiger partial charge is 0.368 e. The molecule has 2 aliphatic heterocycles. The van der Waals surface area contributed by atoms with Gasteiger partial charge in [0, 0.05) is 44.5 Å². The molecule has 2 aromatic carbocycles. The molecule has 1 atom stereocenters. The van der Waals surface area contributed by atoms with Gasteiger partial charge in [0.1, 0.15) is 5.82 Å². The van der Waals surface area contributed by atoms with E-state index in [4.69, 9.17) is 4.98 Å². The van der Waals surface area contributed by atoms with Crippen LogP contribution >= 0.6 is 0 Å². The minimum atomic E-state index is 0.0881. The van der Waals surface area contributed by atoms with E-state index in [9.17, 15) is 4.79 Å². The number of para-hydroxylation sites is 3. The molecule has 2 aliphatic rings. The second-order valence-electron chi connectivity index (χ2n) is 11.1. The molecule has 2 saturated heterocycles. The molecule has 3 heterocycles. The Bertz CT molecular complexity index is 1190. The van der Waals surface area contributed by atoms with Gasteiger partial charge in [-0.1, -0.05) is 44.2 Å². The maximum Gasteiger partial charge on any atom is 0.227 e. The van der Waals surface area contributed by atoms with E-state index in [1.54, 1.807) is 0 Å². The third kappa shape index (κ3) is 5.01. The lowest BCUT2D eigenvalue weighted by atomic mass is 9.96. The summed E-state index contributed by atoms with van der Waals surface area (Å²) in [5.41, 5.74) is 4.98. The van der Waals surface area contributed by atoms with Crippen LogP contribution in [-0.2, 0) is 11.3 Å². The molecule has 2 fully saturated rings. The summed E-state index contributed by atoms with van der Waals surface area (Å²) >= 11 is 0. The topological polar surface area (TPSA) is 44.6 Å².